The van der Waals surface area contributed by atoms with Gasteiger partial charge in [0.25, 0.3) is 5.56 Å². The Bertz CT molecular complexity index is 1260. The van der Waals surface area contributed by atoms with Crippen molar-refractivity contribution in [2.45, 2.75) is 19.3 Å². The maximum atomic E-state index is 12.8. The van der Waals surface area contributed by atoms with E-state index in [1.54, 1.807) is 11.3 Å². The first-order valence-corrected chi connectivity index (χ1v) is 12.6. The molecule has 2 N–H and O–H groups in total. The maximum Gasteiger partial charge on any atom is 0.270 e. The minimum Gasteiger partial charge on any atom is -0.355 e. The number of rotatable bonds is 6. The molecule has 164 valence electrons. The normalized spacial score (nSPS) is 16.4. The van der Waals surface area contributed by atoms with Gasteiger partial charge >= 0.3 is 0 Å². The van der Waals surface area contributed by atoms with Crippen LogP contribution in [0.25, 0.3) is 21.3 Å². The summed E-state index contributed by atoms with van der Waals surface area (Å²) in [5, 5.41) is 7.13. The minimum atomic E-state index is -0.125. The van der Waals surface area contributed by atoms with Gasteiger partial charge < -0.3 is 10.2 Å². The fourth-order valence-electron chi connectivity index (χ4n) is 4.18. The molecule has 0 saturated carbocycles. The zero-order valence-electron chi connectivity index (χ0n) is 17.5. The third-order valence-corrected chi connectivity index (χ3v) is 7.75. The lowest BCUT2D eigenvalue weighted by atomic mass is 9.97. The summed E-state index contributed by atoms with van der Waals surface area (Å²) in [5.41, 5.74) is 2.62. The van der Waals surface area contributed by atoms with E-state index in [0.717, 1.165) is 42.5 Å². The number of aromatic amines is 1. The number of H-pyrrole nitrogens is 1. The van der Waals surface area contributed by atoms with E-state index >= 15 is 0 Å². The molecule has 1 atom stereocenters. The highest BCUT2D eigenvalue weighted by Gasteiger charge is 2.27. The monoisotopic (exact) mass is 464 g/mol. The Labute approximate surface area is 193 Å². The van der Waals surface area contributed by atoms with Crippen LogP contribution in [0.15, 0.2) is 58.0 Å². The van der Waals surface area contributed by atoms with Gasteiger partial charge in [-0.05, 0) is 36.3 Å². The van der Waals surface area contributed by atoms with Crippen molar-refractivity contribution in [3.05, 3.63) is 68.5 Å². The topological polar surface area (TPSA) is 78.1 Å². The Hall–Kier alpha value is -2.97. The zero-order chi connectivity index (χ0) is 21.9. The highest BCUT2D eigenvalue weighted by molar-refractivity contribution is 7.17. The van der Waals surface area contributed by atoms with Gasteiger partial charge in [-0.15, -0.1) is 22.7 Å². The zero-order valence-corrected chi connectivity index (χ0v) is 19.2. The standard InChI is InChI=1S/C24H24N4O2S2/c29-22(25-11-10-18-9-5-13-31-18)17-8-4-12-28(14-17)24-26-20-19(16-6-2-1-3-7-16)15-32-21(20)23(30)27-24/h1-3,5-7,9,13,15,17H,4,8,10-12,14H2,(H,25,29)(H,26,27,30)/t17-/m0/s1. The Morgan fingerprint density at radius 1 is 1.19 bits per heavy atom. The summed E-state index contributed by atoms with van der Waals surface area (Å²) < 4.78 is 0.632. The molecule has 0 unspecified atom stereocenters. The van der Waals surface area contributed by atoms with Gasteiger partial charge in [-0.1, -0.05) is 36.4 Å². The van der Waals surface area contributed by atoms with Crippen LogP contribution in [0, 0.1) is 5.92 Å². The van der Waals surface area contributed by atoms with Crippen LogP contribution >= 0.6 is 22.7 Å². The first-order chi connectivity index (χ1) is 15.7. The van der Waals surface area contributed by atoms with E-state index in [1.807, 2.05) is 46.7 Å². The van der Waals surface area contributed by atoms with Crippen LogP contribution in [-0.4, -0.2) is 35.5 Å². The predicted molar refractivity (Wildman–Crippen MR) is 132 cm³/mol. The van der Waals surface area contributed by atoms with Gasteiger partial charge in [0.15, 0.2) is 0 Å². The quantitative estimate of drug-likeness (QED) is 0.446. The molecule has 8 heteroatoms. The molecule has 1 fully saturated rings. The van der Waals surface area contributed by atoms with Crippen LogP contribution in [0.5, 0.6) is 0 Å². The molecule has 0 bridgehead atoms. The average molecular weight is 465 g/mol. The molecular weight excluding hydrogens is 440 g/mol. The number of carbonyl (C=O) groups is 1. The second kappa shape index (κ2) is 9.26. The molecule has 5 rings (SSSR count). The molecular formula is C24H24N4O2S2. The highest BCUT2D eigenvalue weighted by Crippen LogP contribution is 2.32. The van der Waals surface area contributed by atoms with Crippen molar-refractivity contribution in [3.8, 4) is 11.1 Å². The van der Waals surface area contributed by atoms with Gasteiger partial charge in [0.2, 0.25) is 11.9 Å². The number of hydrogen-bond donors (Lipinski definition) is 2. The number of amides is 1. The Kier molecular flexibility index (Phi) is 6.05. The smallest absolute Gasteiger partial charge is 0.270 e. The Balaban J connectivity index is 1.33. The molecule has 1 saturated heterocycles. The molecule has 6 nitrogen and oxygen atoms in total. The average Bonchev–Trinajstić information content (AvgIpc) is 3.50. The number of thiophene rings is 2. The van der Waals surface area contributed by atoms with Crippen molar-refractivity contribution in [1.29, 1.82) is 0 Å². The first kappa shape index (κ1) is 20.9. The van der Waals surface area contributed by atoms with Crippen LogP contribution in [0.4, 0.5) is 5.95 Å². The molecule has 0 aliphatic carbocycles. The van der Waals surface area contributed by atoms with Crippen molar-refractivity contribution < 1.29 is 4.79 Å². The Morgan fingerprint density at radius 3 is 2.88 bits per heavy atom. The number of nitrogens with zero attached hydrogens (tertiary/aromatic N) is 2. The minimum absolute atomic E-state index is 0.0789. The molecule has 1 aromatic carbocycles. The van der Waals surface area contributed by atoms with Crippen LogP contribution in [0.2, 0.25) is 0 Å². The second-order valence-corrected chi connectivity index (χ2v) is 9.90. The van der Waals surface area contributed by atoms with E-state index in [9.17, 15) is 9.59 Å². The highest BCUT2D eigenvalue weighted by atomic mass is 32.1. The summed E-state index contributed by atoms with van der Waals surface area (Å²) in [5.74, 6) is 0.522. The number of hydrogen-bond acceptors (Lipinski definition) is 6. The lowest BCUT2D eigenvalue weighted by Crippen LogP contribution is -2.44. The van der Waals surface area contributed by atoms with Gasteiger partial charge in [-0.2, -0.15) is 0 Å². The third-order valence-electron chi connectivity index (χ3n) is 5.84. The Morgan fingerprint density at radius 2 is 2.06 bits per heavy atom. The third kappa shape index (κ3) is 4.33. The fourth-order valence-corrected chi connectivity index (χ4v) is 5.80. The van der Waals surface area contributed by atoms with Crippen LogP contribution in [0.1, 0.15) is 17.7 Å². The van der Waals surface area contributed by atoms with Crippen molar-refractivity contribution in [1.82, 2.24) is 15.3 Å². The van der Waals surface area contributed by atoms with Crippen molar-refractivity contribution in [2.75, 3.05) is 24.5 Å². The van der Waals surface area contributed by atoms with E-state index in [4.69, 9.17) is 4.98 Å². The van der Waals surface area contributed by atoms with Gasteiger partial charge in [0.1, 0.15) is 4.70 Å². The molecule has 4 aromatic rings. The summed E-state index contributed by atoms with van der Waals surface area (Å²) in [6, 6.07) is 14.1. The molecule has 0 radical (unpaired) electrons. The van der Waals surface area contributed by atoms with Crippen molar-refractivity contribution >= 4 is 44.7 Å². The van der Waals surface area contributed by atoms with E-state index in [0.29, 0.717) is 23.7 Å². The predicted octanol–water partition coefficient (Wildman–Crippen LogP) is 4.29. The van der Waals surface area contributed by atoms with E-state index in [-0.39, 0.29) is 17.4 Å². The number of anilines is 1. The number of carbonyl (C=O) groups excluding carboxylic acids is 1. The number of piperidine rings is 1. The largest absolute Gasteiger partial charge is 0.355 e. The summed E-state index contributed by atoms with van der Waals surface area (Å²) in [6.07, 6.45) is 2.59. The second-order valence-electron chi connectivity index (χ2n) is 7.99. The number of aromatic nitrogens is 2. The van der Waals surface area contributed by atoms with Gasteiger partial charge in [0, 0.05) is 35.5 Å². The molecule has 4 heterocycles. The lowest BCUT2D eigenvalue weighted by molar-refractivity contribution is -0.125. The first-order valence-electron chi connectivity index (χ1n) is 10.8. The molecule has 32 heavy (non-hydrogen) atoms. The number of fused-ring (bicyclic) bond motifs is 1. The van der Waals surface area contributed by atoms with Gasteiger partial charge in [0.05, 0.1) is 11.4 Å². The number of nitrogens with one attached hydrogen (secondary N) is 2. The van der Waals surface area contributed by atoms with Crippen molar-refractivity contribution in [3.63, 3.8) is 0 Å². The molecule has 1 amide bonds. The summed E-state index contributed by atoms with van der Waals surface area (Å²) >= 11 is 3.13. The SMILES string of the molecule is O=C(NCCc1cccs1)[C@H]1CCCN(c2nc3c(-c4ccccc4)csc3c(=O)[nH]2)C1. The molecule has 1 aliphatic rings. The van der Waals surface area contributed by atoms with Crippen LogP contribution in [-0.2, 0) is 11.2 Å². The summed E-state index contributed by atoms with van der Waals surface area (Å²) in [7, 11) is 0. The molecule has 1 aliphatic heterocycles. The van der Waals surface area contributed by atoms with Crippen LogP contribution < -0.4 is 15.8 Å². The number of benzene rings is 1. The fraction of sp³-hybridized carbons (Fsp3) is 0.292. The van der Waals surface area contributed by atoms with E-state index < -0.39 is 0 Å². The van der Waals surface area contributed by atoms with Crippen molar-refractivity contribution in [2.24, 2.45) is 5.92 Å². The van der Waals surface area contributed by atoms with Gasteiger partial charge in [-0.3, -0.25) is 14.6 Å². The molecule has 3 aromatic heterocycles. The molecule has 0 spiro atoms. The van der Waals surface area contributed by atoms with Crippen LogP contribution in [0.3, 0.4) is 0 Å². The van der Waals surface area contributed by atoms with Gasteiger partial charge in [-0.25, -0.2) is 4.98 Å². The van der Waals surface area contributed by atoms with E-state index in [1.165, 1.54) is 16.2 Å². The lowest BCUT2D eigenvalue weighted by Gasteiger charge is -2.32. The summed E-state index contributed by atoms with van der Waals surface area (Å²) in [4.78, 5) is 36.6. The summed E-state index contributed by atoms with van der Waals surface area (Å²) in [6.45, 7) is 1.98. The van der Waals surface area contributed by atoms with E-state index in [2.05, 4.69) is 21.7 Å². The maximum absolute atomic E-state index is 12.8.